The van der Waals surface area contributed by atoms with Gasteiger partial charge in [-0.05, 0) is 12.2 Å². The third-order valence-corrected chi connectivity index (χ3v) is 3.54. The minimum absolute atomic E-state index is 0.354. The maximum absolute atomic E-state index is 12.1. The first kappa shape index (κ1) is 11.5. The number of hydrogen-bond donors (Lipinski definition) is 0. The number of rotatable bonds is 3. The summed E-state index contributed by atoms with van der Waals surface area (Å²) in [5, 5.41) is -1.24. The van der Waals surface area contributed by atoms with Crippen LogP contribution in [0.1, 0.15) is 13.8 Å². The van der Waals surface area contributed by atoms with Gasteiger partial charge in [0, 0.05) is 0 Å². The predicted octanol–water partition coefficient (Wildman–Crippen LogP) is 3.58. The highest BCUT2D eigenvalue weighted by Crippen LogP contribution is 2.40. The smallest absolute Gasteiger partial charge is 0.170 e. The number of hydrogen-bond acceptors (Lipinski definition) is 2. The molecule has 5 heteroatoms. The molecule has 0 aliphatic rings. The molecular weight excluding hydrogens is 193 g/mol. The summed E-state index contributed by atoms with van der Waals surface area (Å²) in [7, 11) is 2.04. The van der Waals surface area contributed by atoms with Gasteiger partial charge < -0.3 is 0 Å². The fourth-order valence-corrected chi connectivity index (χ4v) is 2.80. The normalized spacial score (nSPS) is 15.5. The van der Waals surface area contributed by atoms with E-state index < -0.39 is 11.4 Å². The maximum Gasteiger partial charge on any atom is 0.401 e. The Kier molecular flexibility index (Phi) is 4.70. The van der Waals surface area contributed by atoms with Crippen LogP contribution in [0.15, 0.2) is 0 Å². The van der Waals surface area contributed by atoms with Crippen LogP contribution in [0.5, 0.6) is 0 Å². The molecule has 0 nitrogen and oxygen atoms in total. The van der Waals surface area contributed by atoms with Crippen molar-refractivity contribution >= 4 is 21.6 Å². The number of alkyl halides is 3. The van der Waals surface area contributed by atoms with E-state index in [1.807, 2.05) is 0 Å². The summed E-state index contributed by atoms with van der Waals surface area (Å²) >= 11 is 0. The van der Waals surface area contributed by atoms with E-state index >= 15 is 0 Å². The van der Waals surface area contributed by atoms with Gasteiger partial charge in [-0.15, -0.1) is 0 Å². The van der Waals surface area contributed by atoms with Crippen LogP contribution in [0.3, 0.4) is 0 Å². The second kappa shape index (κ2) is 4.50. The van der Waals surface area contributed by atoms with Crippen molar-refractivity contribution in [3.63, 3.8) is 0 Å². The first-order valence-electron chi connectivity index (χ1n) is 3.15. The summed E-state index contributed by atoms with van der Waals surface area (Å²) in [4.78, 5) is 0. The summed E-state index contributed by atoms with van der Waals surface area (Å²) < 4.78 is 36.4. The highest BCUT2D eigenvalue weighted by atomic mass is 33.1. The Labute approximate surface area is 72.7 Å². The van der Waals surface area contributed by atoms with Crippen LogP contribution in [0.25, 0.3) is 0 Å². The lowest BCUT2D eigenvalue weighted by molar-refractivity contribution is -0.135. The van der Waals surface area contributed by atoms with Crippen molar-refractivity contribution in [2.75, 3.05) is 6.26 Å². The first-order valence-corrected chi connectivity index (χ1v) is 5.78. The SMILES string of the molecule is CSS[C@@H](C(C)C)C(F)(F)F. The average molecular weight is 204 g/mol. The lowest BCUT2D eigenvalue weighted by Gasteiger charge is -2.21. The zero-order valence-electron chi connectivity index (χ0n) is 6.61. The molecule has 0 aromatic carbocycles. The summed E-state index contributed by atoms with van der Waals surface area (Å²) in [6, 6.07) is 0. The second-order valence-corrected chi connectivity index (χ2v) is 5.08. The third-order valence-electron chi connectivity index (χ3n) is 1.13. The summed E-state index contributed by atoms with van der Waals surface area (Å²) in [5.41, 5.74) is 0. The molecular formula is C6H11F3S2. The van der Waals surface area contributed by atoms with Gasteiger partial charge in [0.25, 0.3) is 0 Å². The Hall–Kier alpha value is 0.490. The van der Waals surface area contributed by atoms with Gasteiger partial charge in [0.05, 0.1) is 0 Å². The fraction of sp³-hybridized carbons (Fsp3) is 1.00. The Morgan fingerprint density at radius 3 is 1.73 bits per heavy atom. The number of halogens is 3. The van der Waals surface area contributed by atoms with Crippen LogP contribution in [0.2, 0.25) is 0 Å². The zero-order valence-corrected chi connectivity index (χ0v) is 8.24. The predicted molar refractivity (Wildman–Crippen MR) is 45.8 cm³/mol. The highest BCUT2D eigenvalue weighted by molar-refractivity contribution is 8.76. The van der Waals surface area contributed by atoms with Gasteiger partial charge in [-0.25, -0.2) is 0 Å². The zero-order chi connectivity index (χ0) is 9.07. The van der Waals surface area contributed by atoms with Crippen LogP contribution >= 0.6 is 21.6 Å². The van der Waals surface area contributed by atoms with Gasteiger partial charge in [-0.3, -0.25) is 0 Å². The first-order chi connectivity index (χ1) is 4.89. The van der Waals surface area contributed by atoms with Crippen LogP contribution < -0.4 is 0 Å². The van der Waals surface area contributed by atoms with Crippen molar-refractivity contribution in [2.45, 2.75) is 25.3 Å². The summed E-state index contributed by atoms with van der Waals surface area (Å²) in [5.74, 6) is -0.354. The van der Waals surface area contributed by atoms with E-state index in [0.29, 0.717) is 0 Å². The standard InChI is InChI=1S/C6H11F3S2/c1-4(2)5(11-10-3)6(7,8)9/h4-5H,1-3H3/t5-/m0/s1. The highest BCUT2D eigenvalue weighted by Gasteiger charge is 2.41. The topological polar surface area (TPSA) is 0 Å². The Bertz CT molecular complexity index is 111. The van der Waals surface area contributed by atoms with Gasteiger partial charge >= 0.3 is 6.18 Å². The van der Waals surface area contributed by atoms with Crippen molar-refractivity contribution in [1.82, 2.24) is 0 Å². The molecule has 1 atom stereocenters. The quantitative estimate of drug-likeness (QED) is 0.644. The maximum atomic E-state index is 12.1. The van der Waals surface area contributed by atoms with E-state index in [2.05, 4.69) is 0 Å². The van der Waals surface area contributed by atoms with Gasteiger partial charge in [-0.2, -0.15) is 13.2 Å². The minimum atomic E-state index is -4.07. The Morgan fingerprint density at radius 2 is 1.64 bits per heavy atom. The van der Waals surface area contributed by atoms with Crippen molar-refractivity contribution in [1.29, 1.82) is 0 Å². The van der Waals surface area contributed by atoms with Gasteiger partial charge in [0.2, 0.25) is 0 Å². The molecule has 0 heterocycles. The molecule has 0 unspecified atom stereocenters. The van der Waals surface area contributed by atoms with E-state index in [9.17, 15) is 13.2 Å². The molecule has 11 heavy (non-hydrogen) atoms. The summed E-state index contributed by atoms with van der Waals surface area (Å²) in [6.07, 6.45) is -2.41. The summed E-state index contributed by atoms with van der Waals surface area (Å²) in [6.45, 7) is 3.17. The van der Waals surface area contributed by atoms with Crippen molar-refractivity contribution in [3.05, 3.63) is 0 Å². The van der Waals surface area contributed by atoms with Gasteiger partial charge in [0.15, 0.2) is 0 Å². The van der Waals surface area contributed by atoms with Gasteiger partial charge in [0.1, 0.15) is 5.25 Å². The van der Waals surface area contributed by atoms with E-state index in [1.165, 1.54) is 0 Å². The fourth-order valence-electron chi connectivity index (χ4n) is 0.647. The molecule has 0 rings (SSSR count). The van der Waals surface area contributed by atoms with Crippen LogP contribution in [0, 0.1) is 5.92 Å². The van der Waals surface area contributed by atoms with Crippen molar-refractivity contribution < 1.29 is 13.2 Å². The molecule has 0 bridgehead atoms. The Morgan fingerprint density at radius 1 is 1.18 bits per heavy atom. The van der Waals surface area contributed by atoms with Crippen molar-refractivity contribution in [2.24, 2.45) is 5.92 Å². The molecule has 0 amide bonds. The molecule has 0 N–H and O–H groups in total. The molecule has 0 saturated heterocycles. The lowest BCUT2D eigenvalue weighted by atomic mass is 10.1. The van der Waals surface area contributed by atoms with E-state index in [-0.39, 0.29) is 5.92 Å². The molecule has 68 valence electrons. The largest absolute Gasteiger partial charge is 0.401 e. The van der Waals surface area contributed by atoms with Crippen LogP contribution in [0.4, 0.5) is 13.2 Å². The third kappa shape index (κ3) is 4.15. The van der Waals surface area contributed by atoms with E-state index in [4.69, 9.17) is 0 Å². The molecule has 0 aliphatic carbocycles. The molecule has 0 spiro atoms. The Balaban J connectivity index is 4.10. The van der Waals surface area contributed by atoms with Crippen LogP contribution in [-0.4, -0.2) is 17.7 Å². The molecule has 0 fully saturated rings. The van der Waals surface area contributed by atoms with Crippen LogP contribution in [-0.2, 0) is 0 Å². The van der Waals surface area contributed by atoms with Crippen molar-refractivity contribution in [3.8, 4) is 0 Å². The average Bonchev–Trinajstić information content (AvgIpc) is 1.79. The molecule has 0 aromatic heterocycles. The molecule has 0 radical (unpaired) electrons. The second-order valence-electron chi connectivity index (χ2n) is 2.47. The lowest BCUT2D eigenvalue weighted by Crippen LogP contribution is -2.29. The van der Waals surface area contributed by atoms with E-state index in [0.717, 1.165) is 21.6 Å². The molecule has 0 aromatic rings. The monoisotopic (exact) mass is 204 g/mol. The van der Waals surface area contributed by atoms with Gasteiger partial charge in [-0.1, -0.05) is 35.4 Å². The molecule has 0 saturated carbocycles. The molecule has 0 aliphatic heterocycles. The minimum Gasteiger partial charge on any atom is -0.170 e. The van der Waals surface area contributed by atoms with E-state index in [1.54, 1.807) is 20.1 Å².